The van der Waals surface area contributed by atoms with Crippen molar-refractivity contribution in [3.05, 3.63) is 55.0 Å². The molecule has 0 spiro atoms. The fraction of sp³-hybridized carbons (Fsp3) is 0.357. The Balaban J connectivity index is 1.04. The zero-order valence-electron chi connectivity index (χ0n) is 21.7. The first kappa shape index (κ1) is 23.6. The Labute approximate surface area is 225 Å². The van der Waals surface area contributed by atoms with Crippen LogP contribution in [0.5, 0.6) is 0 Å². The molecule has 1 unspecified atom stereocenters. The van der Waals surface area contributed by atoms with Crippen LogP contribution in [-0.2, 0) is 4.74 Å². The minimum Gasteiger partial charge on any atom is -0.453 e. The molecule has 198 valence electrons. The van der Waals surface area contributed by atoms with Crippen LogP contribution in [0.1, 0.15) is 19.3 Å². The van der Waals surface area contributed by atoms with E-state index in [1.165, 1.54) is 20.0 Å². The van der Waals surface area contributed by atoms with E-state index in [0.717, 1.165) is 65.7 Å². The molecular weight excluding hydrogens is 494 g/mol. The van der Waals surface area contributed by atoms with Crippen molar-refractivity contribution in [1.82, 2.24) is 29.8 Å². The lowest BCUT2D eigenvalue weighted by Crippen LogP contribution is -2.49. The van der Waals surface area contributed by atoms with Gasteiger partial charge in [-0.2, -0.15) is 0 Å². The lowest BCUT2D eigenvalue weighted by atomic mass is 10.1. The Morgan fingerprint density at radius 1 is 0.974 bits per heavy atom. The van der Waals surface area contributed by atoms with Gasteiger partial charge < -0.3 is 24.8 Å². The molecule has 4 aromatic rings. The molecule has 1 N–H and O–H groups in total. The van der Waals surface area contributed by atoms with Crippen LogP contribution < -0.4 is 15.1 Å². The summed E-state index contributed by atoms with van der Waals surface area (Å²) in [5.41, 5.74) is 3.52. The molecule has 3 saturated heterocycles. The summed E-state index contributed by atoms with van der Waals surface area (Å²) in [7, 11) is 1.43. The number of fused-ring (bicyclic) bond motifs is 3. The van der Waals surface area contributed by atoms with Crippen LogP contribution in [0.15, 0.2) is 55.0 Å². The topological polar surface area (TPSA) is 112 Å². The van der Waals surface area contributed by atoms with E-state index in [-0.39, 0.29) is 18.2 Å². The average molecular weight is 524 g/mol. The first-order valence-electron chi connectivity index (χ1n) is 13.3. The van der Waals surface area contributed by atoms with Gasteiger partial charge in [-0.15, -0.1) is 0 Å². The van der Waals surface area contributed by atoms with Gasteiger partial charge in [0.2, 0.25) is 11.9 Å². The number of hydrogen-bond acceptors (Lipinski definition) is 10. The summed E-state index contributed by atoms with van der Waals surface area (Å²) < 4.78 is 4.90. The fourth-order valence-electron chi connectivity index (χ4n) is 5.88. The predicted octanol–water partition coefficient (Wildman–Crippen LogP) is 3.85. The van der Waals surface area contributed by atoms with Crippen molar-refractivity contribution in [3.63, 3.8) is 0 Å². The van der Waals surface area contributed by atoms with Crippen molar-refractivity contribution >= 4 is 40.4 Å². The number of aromatic nitrogens is 5. The van der Waals surface area contributed by atoms with Gasteiger partial charge in [0.1, 0.15) is 5.82 Å². The van der Waals surface area contributed by atoms with E-state index in [1.54, 1.807) is 12.4 Å². The summed E-state index contributed by atoms with van der Waals surface area (Å²) in [4.78, 5) is 41.4. The highest BCUT2D eigenvalue weighted by Crippen LogP contribution is 2.34. The lowest BCUT2D eigenvalue weighted by Gasteiger charge is -2.34. The Morgan fingerprint density at radius 2 is 1.87 bits per heavy atom. The van der Waals surface area contributed by atoms with E-state index in [9.17, 15) is 4.79 Å². The first-order valence-corrected chi connectivity index (χ1v) is 13.3. The molecule has 2 atom stereocenters. The number of nitrogens with zero attached hydrogens (tertiary/aromatic N) is 8. The van der Waals surface area contributed by atoms with Crippen molar-refractivity contribution in [1.29, 1.82) is 0 Å². The second-order valence-corrected chi connectivity index (χ2v) is 10.3. The molecule has 3 fully saturated rings. The number of pyridine rings is 1. The zero-order chi connectivity index (χ0) is 26.3. The van der Waals surface area contributed by atoms with E-state index >= 15 is 0 Å². The Kier molecular flexibility index (Phi) is 5.83. The number of amides is 1. The second kappa shape index (κ2) is 9.64. The molecule has 0 saturated carbocycles. The average Bonchev–Trinajstić information content (AvgIpc) is 3.75. The molecule has 39 heavy (non-hydrogen) atoms. The molecule has 6 heterocycles. The third-order valence-corrected chi connectivity index (χ3v) is 7.86. The fourth-order valence-corrected chi connectivity index (χ4v) is 5.88. The number of carbonyl (C=O) groups excluding carboxylic acids is 1. The van der Waals surface area contributed by atoms with E-state index in [0.29, 0.717) is 12.5 Å². The van der Waals surface area contributed by atoms with Gasteiger partial charge in [-0.25, -0.2) is 29.7 Å². The zero-order valence-corrected chi connectivity index (χ0v) is 21.7. The molecule has 1 aromatic carbocycles. The van der Waals surface area contributed by atoms with Gasteiger partial charge in [-0.1, -0.05) is 6.07 Å². The minimum absolute atomic E-state index is 0.173. The second-order valence-electron chi connectivity index (χ2n) is 10.3. The highest BCUT2D eigenvalue weighted by Gasteiger charge is 2.46. The number of rotatable bonds is 5. The number of benzene rings is 1. The molecule has 3 aliphatic rings. The van der Waals surface area contributed by atoms with E-state index in [4.69, 9.17) is 14.7 Å². The number of methoxy groups -OCH3 is 1. The van der Waals surface area contributed by atoms with Gasteiger partial charge in [-0.3, -0.25) is 0 Å². The minimum atomic E-state index is -0.249. The molecule has 1 amide bonds. The lowest BCUT2D eigenvalue weighted by molar-refractivity contribution is 0.116. The van der Waals surface area contributed by atoms with E-state index < -0.39 is 0 Å². The van der Waals surface area contributed by atoms with Gasteiger partial charge in [-0.05, 0) is 49.6 Å². The Hall–Kier alpha value is -4.54. The predicted molar refractivity (Wildman–Crippen MR) is 148 cm³/mol. The van der Waals surface area contributed by atoms with Crippen molar-refractivity contribution in [2.75, 3.05) is 48.4 Å². The third kappa shape index (κ3) is 4.43. The maximum Gasteiger partial charge on any atom is 0.409 e. The van der Waals surface area contributed by atoms with Gasteiger partial charge in [0, 0.05) is 49.5 Å². The molecule has 3 aromatic heterocycles. The number of likely N-dealkylation sites (tertiary alicyclic amines) is 1. The summed E-state index contributed by atoms with van der Waals surface area (Å²) in [6.07, 6.45) is 8.52. The highest BCUT2D eigenvalue weighted by molar-refractivity contribution is 5.84. The van der Waals surface area contributed by atoms with Crippen molar-refractivity contribution < 1.29 is 9.53 Å². The summed E-state index contributed by atoms with van der Waals surface area (Å²) in [6.45, 7) is 3.47. The van der Waals surface area contributed by atoms with Crippen LogP contribution in [0, 0.1) is 0 Å². The summed E-state index contributed by atoms with van der Waals surface area (Å²) in [6, 6.07) is 12.4. The molecule has 0 radical (unpaired) electrons. The number of carbonyl (C=O) groups is 1. The molecule has 11 heteroatoms. The van der Waals surface area contributed by atoms with Gasteiger partial charge in [0.15, 0.2) is 0 Å². The highest BCUT2D eigenvalue weighted by atomic mass is 16.5. The summed E-state index contributed by atoms with van der Waals surface area (Å²) >= 11 is 0. The van der Waals surface area contributed by atoms with Crippen LogP contribution in [0.2, 0.25) is 0 Å². The molecule has 2 bridgehead atoms. The quantitative estimate of drug-likeness (QED) is 0.414. The molecule has 7 rings (SSSR count). The number of anilines is 4. The standard InChI is InChI=1S/C28H29N9O2/c1-39-28(38)37-17-21-13-22(37)16-36(21)25-7-5-20(15-30-25)32-26-29-9-8-24(33-26)18-4-6-23-19(12-18)14-31-27(34-23)35-10-2-3-11-35/h4-9,12,14-15,21-22H,2-3,10-11,13,16-17H2,1H3,(H,29,32,33)/t21-,22?/m0/s1. The van der Waals surface area contributed by atoms with Crippen LogP contribution >= 0.6 is 0 Å². The van der Waals surface area contributed by atoms with E-state index in [2.05, 4.69) is 36.1 Å². The molecule has 11 nitrogen and oxygen atoms in total. The normalized spacial score (nSPS) is 20.2. The van der Waals surface area contributed by atoms with Crippen LogP contribution in [0.25, 0.3) is 22.2 Å². The van der Waals surface area contributed by atoms with Crippen molar-refractivity contribution in [2.24, 2.45) is 0 Å². The van der Waals surface area contributed by atoms with Crippen LogP contribution in [-0.4, -0.2) is 81.3 Å². The maximum atomic E-state index is 11.9. The van der Waals surface area contributed by atoms with Gasteiger partial charge >= 0.3 is 6.09 Å². The third-order valence-electron chi connectivity index (χ3n) is 7.86. The number of piperazine rings is 1. The molecular formula is C28H29N9O2. The van der Waals surface area contributed by atoms with Crippen molar-refractivity contribution in [2.45, 2.75) is 31.3 Å². The Bertz CT molecular complexity index is 1520. The first-order chi connectivity index (χ1) is 19.1. The molecule has 3 aliphatic heterocycles. The van der Waals surface area contributed by atoms with Gasteiger partial charge in [0.25, 0.3) is 0 Å². The van der Waals surface area contributed by atoms with Gasteiger partial charge in [0.05, 0.1) is 42.3 Å². The molecule has 0 aliphatic carbocycles. The van der Waals surface area contributed by atoms with Crippen LogP contribution in [0.3, 0.4) is 0 Å². The summed E-state index contributed by atoms with van der Waals surface area (Å²) in [5, 5.41) is 4.25. The van der Waals surface area contributed by atoms with Crippen molar-refractivity contribution in [3.8, 4) is 11.3 Å². The monoisotopic (exact) mass is 523 g/mol. The van der Waals surface area contributed by atoms with Crippen LogP contribution in [0.4, 0.5) is 28.2 Å². The maximum absolute atomic E-state index is 11.9. The Morgan fingerprint density at radius 3 is 2.64 bits per heavy atom. The largest absolute Gasteiger partial charge is 0.453 e. The summed E-state index contributed by atoms with van der Waals surface area (Å²) in [5.74, 6) is 2.21. The SMILES string of the molecule is COC(=O)N1C[C@@H]2CC1CN2c1ccc(Nc2nccc(-c3ccc4nc(N5CCCC5)ncc4c3)n2)cn1. The number of hydrogen-bond donors (Lipinski definition) is 1. The number of nitrogens with one attached hydrogen (secondary N) is 1. The van der Waals surface area contributed by atoms with E-state index in [1.807, 2.05) is 41.4 Å². The number of ether oxygens (including phenoxy) is 1. The smallest absolute Gasteiger partial charge is 0.409 e.